The Bertz CT molecular complexity index is 519. The van der Waals surface area contributed by atoms with Crippen LogP contribution in [-0.2, 0) is 4.74 Å². The highest BCUT2D eigenvalue weighted by Crippen LogP contribution is 2.27. The van der Waals surface area contributed by atoms with Gasteiger partial charge in [-0.15, -0.1) is 0 Å². The Hall–Kier alpha value is -1.52. The number of rotatable bonds is 5. The van der Waals surface area contributed by atoms with E-state index in [1.54, 1.807) is 4.68 Å². The molecule has 2 aromatic rings. The van der Waals surface area contributed by atoms with Crippen LogP contribution >= 0.6 is 0 Å². The van der Waals surface area contributed by atoms with Gasteiger partial charge in [0.2, 0.25) is 0 Å². The van der Waals surface area contributed by atoms with E-state index < -0.39 is 0 Å². The van der Waals surface area contributed by atoms with Crippen LogP contribution in [0, 0.1) is 0 Å². The maximum Gasteiger partial charge on any atom is 0.0972 e. The smallest absolute Gasteiger partial charge is 0.0972 e. The third-order valence-corrected chi connectivity index (χ3v) is 3.02. The number of nitrogens with zero attached hydrogens (tertiary/aromatic N) is 2. The second kappa shape index (κ2) is 5.42. The summed E-state index contributed by atoms with van der Waals surface area (Å²) in [6.45, 7) is 3.56. The SMILES string of the molecule is CCOC(CN(C)C)c1cn(N)c2ccccc12. The molecule has 18 heavy (non-hydrogen) atoms. The van der Waals surface area contributed by atoms with E-state index in [0.29, 0.717) is 6.61 Å². The maximum atomic E-state index is 5.99. The first-order valence-electron chi connectivity index (χ1n) is 6.25. The number of nitrogen functional groups attached to an aromatic ring is 1. The Kier molecular flexibility index (Phi) is 3.89. The molecular weight excluding hydrogens is 226 g/mol. The first kappa shape index (κ1) is 12.9. The number of benzene rings is 1. The van der Waals surface area contributed by atoms with Crippen LogP contribution in [-0.4, -0.2) is 36.8 Å². The van der Waals surface area contributed by atoms with Gasteiger partial charge in [-0.05, 0) is 27.1 Å². The summed E-state index contributed by atoms with van der Waals surface area (Å²) in [6, 6.07) is 8.15. The van der Waals surface area contributed by atoms with Crippen LogP contribution in [0.25, 0.3) is 10.9 Å². The largest absolute Gasteiger partial charge is 0.372 e. The molecule has 0 spiro atoms. The molecule has 0 aliphatic heterocycles. The average Bonchev–Trinajstić information content (AvgIpc) is 2.67. The molecule has 1 aromatic carbocycles. The molecule has 4 heteroatoms. The summed E-state index contributed by atoms with van der Waals surface area (Å²) in [4.78, 5) is 2.13. The van der Waals surface area contributed by atoms with Crippen LogP contribution in [0.1, 0.15) is 18.6 Å². The molecule has 1 heterocycles. The van der Waals surface area contributed by atoms with Crippen molar-refractivity contribution in [2.75, 3.05) is 33.1 Å². The van der Waals surface area contributed by atoms with E-state index in [1.165, 1.54) is 5.39 Å². The molecule has 0 saturated carbocycles. The van der Waals surface area contributed by atoms with Gasteiger partial charge in [-0.25, -0.2) is 0 Å². The van der Waals surface area contributed by atoms with Crippen molar-refractivity contribution in [1.29, 1.82) is 0 Å². The second-order valence-electron chi connectivity index (χ2n) is 4.72. The van der Waals surface area contributed by atoms with E-state index in [9.17, 15) is 0 Å². The number of para-hydroxylation sites is 1. The zero-order valence-corrected chi connectivity index (χ0v) is 11.3. The van der Waals surface area contributed by atoms with E-state index in [1.807, 2.05) is 45.4 Å². The molecule has 98 valence electrons. The van der Waals surface area contributed by atoms with Gasteiger partial charge in [0.15, 0.2) is 0 Å². The minimum Gasteiger partial charge on any atom is -0.372 e. The van der Waals surface area contributed by atoms with Gasteiger partial charge in [0, 0.05) is 30.3 Å². The van der Waals surface area contributed by atoms with Crippen molar-refractivity contribution in [2.45, 2.75) is 13.0 Å². The summed E-state index contributed by atoms with van der Waals surface area (Å²) < 4.78 is 7.52. The molecule has 0 radical (unpaired) electrons. The Morgan fingerprint density at radius 3 is 2.72 bits per heavy atom. The minimum atomic E-state index is 0.0553. The average molecular weight is 247 g/mol. The lowest BCUT2D eigenvalue weighted by Gasteiger charge is -2.20. The third-order valence-electron chi connectivity index (χ3n) is 3.02. The molecule has 4 nitrogen and oxygen atoms in total. The highest BCUT2D eigenvalue weighted by molar-refractivity contribution is 5.84. The first-order chi connectivity index (χ1) is 8.63. The minimum absolute atomic E-state index is 0.0553. The second-order valence-corrected chi connectivity index (χ2v) is 4.72. The van der Waals surface area contributed by atoms with Gasteiger partial charge in [0.25, 0.3) is 0 Å². The molecular formula is C14H21N3O. The first-order valence-corrected chi connectivity index (χ1v) is 6.25. The molecule has 1 aromatic heterocycles. The van der Waals surface area contributed by atoms with Gasteiger partial charge < -0.3 is 15.5 Å². The van der Waals surface area contributed by atoms with Crippen molar-refractivity contribution in [3.63, 3.8) is 0 Å². The number of nitrogens with two attached hydrogens (primary N) is 1. The fraction of sp³-hybridized carbons (Fsp3) is 0.429. The fourth-order valence-corrected chi connectivity index (χ4v) is 2.26. The Morgan fingerprint density at radius 1 is 1.33 bits per heavy atom. The van der Waals surface area contributed by atoms with Gasteiger partial charge in [-0.1, -0.05) is 18.2 Å². The van der Waals surface area contributed by atoms with Crippen LogP contribution in [0.4, 0.5) is 0 Å². The summed E-state index contributed by atoms with van der Waals surface area (Å²) in [6.07, 6.45) is 2.02. The van der Waals surface area contributed by atoms with Gasteiger partial charge in [-0.2, -0.15) is 0 Å². The van der Waals surface area contributed by atoms with E-state index in [-0.39, 0.29) is 6.10 Å². The van der Waals surface area contributed by atoms with Crippen LogP contribution in [0.5, 0.6) is 0 Å². The molecule has 0 bridgehead atoms. The lowest BCUT2D eigenvalue weighted by atomic mass is 10.1. The molecule has 0 fully saturated rings. The Labute approximate surface area is 108 Å². The van der Waals surface area contributed by atoms with Gasteiger partial charge in [0.1, 0.15) is 0 Å². The maximum absolute atomic E-state index is 5.99. The predicted molar refractivity (Wildman–Crippen MR) is 75.0 cm³/mol. The summed E-state index contributed by atoms with van der Waals surface area (Å²) in [5.74, 6) is 5.99. The van der Waals surface area contributed by atoms with Crippen molar-refractivity contribution in [1.82, 2.24) is 9.58 Å². The lowest BCUT2D eigenvalue weighted by Crippen LogP contribution is -2.22. The number of hydrogen-bond donors (Lipinski definition) is 1. The zero-order valence-electron chi connectivity index (χ0n) is 11.3. The van der Waals surface area contributed by atoms with Crippen molar-refractivity contribution in [2.24, 2.45) is 0 Å². The summed E-state index contributed by atoms with van der Waals surface area (Å²) in [5.41, 5.74) is 2.19. The van der Waals surface area contributed by atoms with E-state index in [4.69, 9.17) is 10.6 Å². The lowest BCUT2D eigenvalue weighted by molar-refractivity contribution is 0.0443. The molecule has 0 amide bonds. The van der Waals surface area contributed by atoms with Crippen LogP contribution < -0.4 is 5.84 Å². The van der Waals surface area contributed by atoms with Gasteiger partial charge in [0.05, 0.1) is 11.6 Å². The van der Waals surface area contributed by atoms with Crippen LogP contribution in [0.3, 0.4) is 0 Å². The van der Waals surface area contributed by atoms with Crippen molar-refractivity contribution in [3.05, 3.63) is 36.0 Å². The van der Waals surface area contributed by atoms with Crippen molar-refractivity contribution >= 4 is 10.9 Å². The molecule has 2 rings (SSSR count). The topological polar surface area (TPSA) is 43.4 Å². The molecule has 0 saturated heterocycles. The van der Waals surface area contributed by atoms with Gasteiger partial charge in [-0.3, -0.25) is 4.68 Å². The number of hydrogen-bond acceptors (Lipinski definition) is 3. The Balaban J connectivity index is 2.43. The summed E-state index contributed by atoms with van der Waals surface area (Å²) in [5, 5.41) is 1.17. The quantitative estimate of drug-likeness (QED) is 0.822. The highest BCUT2D eigenvalue weighted by atomic mass is 16.5. The van der Waals surface area contributed by atoms with Crippen molar-refractivity contribution < 1.29 is 4.74 Å². The van der Waals surface area contributed by atoms with E-state index >= 15 is 0 Å². The monoisotopic (exact) mass is 247 g/mol. The standard InChI is InChI=1S/C14H21N3O/c1-4-18-14(10-16(2)3)12-9-17(15)13-8-6-5-7-11(12)13/h5-9,14H,4,10,15H2,1-3H3. The van der Waals surface area contributed by atoms with Crippen LogP contribution in [0.15, 0.2) is 30.5 Å². The Morgan fingerprint density at radius 2 is 2.06 bits per heavy atom. The van der Waals surface area contributed by atoms with Crippen LogP contribution in [0.2, 0.25) is 0 Å². The molecule has 2 N–H and O–H groups in total. The zero-order chi connectivity index (χ0) is 13.1. The molecule has 0 aliphatic rings. The third kappa shape index (κ3) is 2.49. The summed E-state index contributed by atoms with van der Waals surface area (Å²) in [7, 11) is 4.10. The normalized spacial score (nSPS) is 13.3. The number of fused-ring (bicyclic) bond motifs is 1. The molecule has 1 unspecified atom stereocenters. The number of aromatic nitrogens is 1. The van der Waals surface area contributed by atoms with Gasteiger partial charge >= 0.3 is 0 Å². The van der Waals surface area contributed by atoms with E-state index in [2.05, 4.69) is 11.0 Å². The number of ether oxygens (including phenoxy) is 1. The fourth-order valence-electron chi connectivity index (χ4n) is 2.26. The summed E-state index contributed by atoms with van der Waals surface area (Å²) >= 11 is 0. The number of likely N-dealkylation sites (N-methyl/N-ethyl adjacent to an activating group) is 1. The predicted octanol–water partition coefficient (Wildman–Crippen LogP) is 1.99. The molecule has 0 aliphatic carbocycles. The van der Waals surface area contributed by atoms with Crippen molar-refractivity contribution in [3.8, 4) is 0 Å². The molecule has 1 atom stereocenters. The van der Waals surface area contributed by atoms with E-state index in [0.717, 1.165) is 17.6 Å². The highest BCUT2D eigenvalue weighted by Gasteiger charge is 2.18.